The van der Waals surface area contributed by atoms with Gasteiger partial charge in [-0.25, -0.2) is 0 Å². The summed E-state index contributed by atoms with van der Waals surface area (Å²) < 4.78 is 0. The Bertz CT molecular complexity index is 301. The van der Waals surface area contributed by atoms with E-state index in [0.717, 1.165) is 10.6 Å². The Labute approximate surface area is 81.7 Å². The lowest BCUT2D eigenvalue weighted by Crippen LogP contribution is -2.19. The van der Waals surface area contributed by atoms with Gasteiger partial charge >= 0.3 is 0 Å². The van der Waals surface area contributed by atoms with Crippen LogP contribution in [0.3, 0.4) is 0 Å². The third-order valence-electron chi connectivity index (χ3n) is 1.56. The number of carbonyl (C=O) groups is 1. The Morgan fingerprint density at radius 3 is 2.85 bits per heavy atom. The van der Waals surface area contributed by atoms with E-state index in [1.54, 1.807) is 7.05 Å². The van der Waals surface area contributed by atoms with Gasteiger partial charge in [-0.05, 0) is 12.1 Å². The van der Waals surface area contributed by atoms with Crippen molar-refractivity contribution in [2.45, 2.75) is 4.90 Å². The molecule has 0 aliphatic rings. The molecule has 0 unspecified atom stereocenters. The predicted molar refractivity (Wildman–Crippen MR) is 55.6 cm³/mol. The van der Waals surface area contributed by atoms with Crippen molar-refractivity contribution < 1.29 is 4.79 Å². The summed E-state index contributed by atoms with van der Waals surface area (Å²) in [5.74, 6) is 0.415. The minimum absolute atomic E-state index is 0.00764. The van der Waals surface area contributed by atoms with Crippen LogP contribution in [0, 0.1) is 0 Å². The van der Waals surface area contributed by atoms with Crippen LogP contribution in [0.15, 0.2) is 29.2 Å². The van der Waals surface area contributed by atoms with Crippen molar-refractivity contribution in [3.8, 4) is 0 Å². The summed E-state index contributed by atoms with van der Waals surface area (Å²) in [5.41, 5.74) is 6.41. The van der Waals surface area contributed by atoms with Gasteiger partial charge in [0.05, 0.1) is 5.75 Å². The number of benzene rings is 1. The van der Waals surface area contributed by atoms with Crippen LogP contribution in [0.1, 0.15) is 0 Å². The van der Waals surface area contributed by atoms with Crippen LogP contribution >= 0.6 is 11.8 Å². The molecule has 3 N–H and O–H groups in total. The molecule has 1 amide bonds. The number of nitrogen functional groups attached to an aromatic ring is 1. The lowest BCUT2D eigenvalue weighted by atomic mass is 10.3. The number of thioether (sulfide) groups is 1. The van der Waals surface area contributed by atoms with Gasteiger partial charge in [0.2, 0.25) is 5.91 Å². The van der Waals surface area contributed by atoms with Crippen LogP contribution in [-0.2, 0) is 4.79 Å². The van der Waals surface area contributed by atoms with E-state index >= 15 is 0 Å². The molecule has 0 atom stereocenters. The maximum absolute atomic E-state index is 10.9. The second-order valence-corrected chi connectivity index (χ2v) is 3.52. The monoisotopic (exact) mass is 196 g/mol. The molecule has 13 heavy (non-hydrogen) atoms. The largest absolute Gasteiger partial charge is 0.398 e. The molecular weight excluding hydrogens is 184 g/mol. The highest BCUT2D eigenvalue weighted by atomic mass is 32.2. The third kappa shape index (κ3) is 2.99. The Hall–Kier alpha value is -1.16. The zero-order valence-corrected chi connectivity index (χ0v) is 8.23. The highest BCUT2D eigenvalue weighted by molar-refractivity contribution is 8.00. The number of rotatable bonds is 3. The number of para-hydroxylation sites is 1. The lowest BCUT2D eigenvalue weighted by molar-refractivity contribution is -0.118. The van der Waals surface area contributed by atoms with Gasteiger partial charge in [0.25, 0.3) is 0 Å². The fourth-order valence-corrected chi connectivity index (χ4v) is 1.67. The number of nitrogens with two attached hydrogens (primary N) is 1. The molecule has 0 fully saturated rings. The van der Waals surface area contributed by atoms with Crippen LogP contribution in [0.5, 0.6) is 0 Å². The van der Waals surface area contributed by atoms with E-state index in [1.165, 1.54) is 11.8 Å². The molecular formula is C9H12N2OS. The first-order valence-corrected chi connectivity index (χ1v) is 4.90. The summed E-state index contributed by atoms with van der Waals surface area (Å²) in [6.45, 7) is 0. The number of nitrogens with one attached hydrogen (secondary N) is 1. The Balaban J connectivity index is 2.54. The highest BCUT2D eigenvalue weighted by Crippen LogP contribution is 2.23. The number of hydrogen-bond donors (Lipinski definition) is 2. The number of amides is 1. The average Bonchev–Trinajstić information content (AvgIpc) is 2.16. The highest BCUT2D eigenvalue weighted by Gasteiger charge is 2.01. The normalized spacial score (nSPS) is 9.62. The fraction of sp³-hybridized carbons (Fsp3) is 0.222. The van der Waals surface area contributed by atoms with Crippen LogP contribution in [0.4, 0.5) is 5.69 Å². The van der Waals surface area contributed by atoms with Gasteiger partial charge < -0.3 is 11.1 Å². The van der Waals surface area contributed by atoms with Gasteiger partial charge in [0.15, 0.2) is 0 Å². The minimum atomic E-state index is 0.00764. The van der Waals surface area contributed by atoms with E-state index in [1.807, 2.05) is 24.3 Å². The molecule has 1 aromatic rings. The fourth-order valence-electron chi connectivity index (χ4n) is 0.827. The van der Waals surface area contributed by atoms with E-state index in [0.29, 0.717) is 5.75 Å². The van der Waals surface area contributed by atoms with E-state index in [4.69, 9.17) is 5.73 Å². The summed E-state index contributed by atoms with van der Waals surface area (Å²) in [4.78, 5) is 11.9. The van der Waals surface area contributed by atoms with Gasteiger partial charge in [0.1, 0.15) is 0 Å². The molecule has 0 spiro atoms. The smallest absolute Gasteiger partial charge is 0.230 e. The Morgan fingerprint density at radius 1 is 1.54 bits per heavy atom. The second-order valence-electron chi connectivity index (χ2n) is 2.50. The zero-order chi connectivity index (χ0) is 9.68. The van der Waals surface area contributed by atoms with E-state index in [2.05, 4.69) is 5.32 Å². The van der Waals surface area contributed by atoms with Gasteiger partial charge in [-0.2, -0.15) is 0 Å². The zero-order valence-electron chi connectivity index (χ0n) is 7.41. The maximum atomic E-state index is 10.9. The molecule has 4 heteroatoms. The first-order chi connectivity index (χ1) is 6.24. The first kappa shape index (κ1) is 9.92. The van der Waals surface area contributed by atoms with Crippen molar-refractivity contribution in [1.82, 2.24) is 5.32 Å². The van der Waals surface area contributed by atoms with Crippen molar-refractivity contribution in [2.75, 3.05) is 18.5 Å². The maximum Gasteiger partial charge on any atom is 0.230 e. The molecule has 70 valence electrons. The molecule has 0 saturated heterocycles. The van der Waals surface area contributed by atoms with Crippen LogP contribution < -0.4 is 11.1 Å². The number of hydrogen-bond acceptors (Lipinski definition) is 3. The summed E-state index contributed by atoms with van der Waals surface area (Å²) >= 11 is 1.44. The quantitative estimate of drug-likeness (QED) is 0.562. The van der Waals surface area contributed by atoms with Crippen LogP contribution in [0.2, 0.25) is 0 Å². The third-order valence-corrected chi connectivity index (χ3v) is 2.65. The molecule has 0 aromatic heterocycles. The van der Waals surface area contributed by atoms with E-state index < -0.39 is 0 Å². The van der Waals surface area contributed by atoms with Gasteiger partial charge in [-0.15, -0.1) is 11.8 Å². The van der Waals surface area contributed by atoms with Crippen molar-refractivity contribution in [3.05, 3.63) is 24.3 Å². The standard InChI is InChI=1S/C9H12N2OS/c1-11-9(12)6-13-8-5-3-2-4-7(8)10/h2-5H,6,10H2,1H3,(H,11,12). The molecule has 0 aliphatic carbocycles. The summed E-state index contributed by atoms with van der Waals surface area (Å²) in [5, 5.41) is 2.55. The molecule has 1 rings (SSSR count). The topological polar surface area (TPSA) is 55.1 Å². The summed E-state index contributed by atoms with van der Waals surface area (Å²) in [6, 6.07) is 7.51. The Kier molecular flexibility index (Phi) is 3.64. The van der Waals surface area contributed by atoms with E-state index in [-0.39, 0.29) is 5.91 Å². The number of carbonyl (C=O) groups excluding carboxylic acids is 1. The van der Waals surface area contributed by atoms with Crippen LogP contribution in [0.25, 0.3) is 0 Å². The SMILES string of the molecule is CNC(=O)CSc1ccccc1N. The lowest BCUT2D eigenvalue weighted by Gasteiger charge is -2.03. The minimum Gasteiger partial charge on any atom is -0.398 e. The number of anilines is 1. The van der Waals surface area contributed by atoms with Crippen molar-refractivity contribution in [1.29, 1.82) is 0 Å². The molecule has 0 aliphatic heterocycles. The molecule has 0 saturated carbocycles. The van der Waals surface area contributed by atoms with Crippen molar-refractivity contribution >= 4 is 23.4 Å². The predicted octanol–water partition coefficient (Wildman–Crippen LogP) is 1.11. The second kappa shape index (κ2) is 4.77. The molecule has 1 aromatic carbocycles. The van der Waals surface area contributed by atoms with Crippen LogP contribution in [-0.4, -0.2) is 18.7 Å². The summed E-state index contributed by atoms with van der Waals surface area (Å²) in [6.07, 6.45) is 0. The Morgan fingerprint density at radius 2 is 2.23 bits per heavy atom. The van der Waals surface area contributed by atoms with Crippen molar-refractivity contribution in [2.24, 2.45) is 0 Å². The van der Waals surface area contributed by atoms with Crippen molar-refractivity contribution in [3.63, 3.8) is 0 Å². The molecule has 0 heterocycles. The van der Waals surface area contributed by atoms with Gasteiger partial charge in [-0.3, -0.25) is 4.79 Å². The molecule has 0 bridgehead atoms. The first-order valence-electron chi connectivity index (χ1n) is 3.92. The molecule has 0 radical (unpaired) electrons. The van der Waals surface area contributed by atoms with E-state index in [9.17, 15) is 4.79 Å². The van der Waals surface area contributed by atoms with Gasteiger partial charge in [-0.1, -0.05) is 12.1 Å². The summed E-state index contributed by atoms with van der Waals surface area (Å²) in [7, 11) is 1.62. The average molecular weight is 196 g/mol. The molecule has 3 nitrogen and oxygen atoms in total. The van der Waals surface area contributed by atoms with Gasteiger partial charge in [0, 0.05) is 17.6 Å².